The van der Waals surface area contributed by atoms with Crippen LogP contribution in [0.15, 0.2) is 53.7 Å². The van der Waals surface area contributed by atoms with E-state index in [1.807, 2.05) is 68.0 Å². The Morgan fingerprint density at radius 3 is 2.73 bits per heavy atom. The molecule has 8 nitrogen and oxygen atoms in total. The van der Waals surface area contributed by atoms with Gasteiger partial charge in [0.1, 0.15) is 0 Å². The highest BCUT2D eigenvalue weighted by Gasteiger charge is 2.24. The summed E-state index contributed by atoms with van der Waals surface area (Å²) in [6.07, 6.45) is 2.29. The van der Waals surface area contributed by atoms with Gasteiger partial charge in [0.05, 0.1) is 12.2 Å². The number of amides is 1. The first kappa shape index (κ1) is 24.7. The molecule has 1 aliphatic rings. The summed E-state index contributed by atoms with van der Waals surface area (Å²) in [7, 11) is 0. The lowest BCUT2D eigenvalue weighted by Crippen LogP contribution is -2.40. The van der Waals surface area contributed by atoms with Crippen LogP contribution >= 0.6 is 24.0 Å². The van der Waals surface area contributed by atoms with Crippen LogP contribution in [0.2, 0.25) is 0 Å². The first-order valence-corrected chi connectivity index (χ1v) is 10.9. The van der Waals surface area contributed by atoms with Crippen molar-refractivity contribution in [3.63, 3.8) is 0 Å². The Morgan fingerprint density at radius 1 is 1.21 bits per heavy atom. The number of aromatic nitrogens is 3. The lowest BCUT2D eigenvalue weighted by molar-refractivity contribution is -0.116. The van der Waals surface area contributed by atoms with Crippen LogP contribution in [-0.2, 0) is 11.3 Å². The summed E-state index contributed by atoms with van der Waals surface area (Å²) in [4.78, 5) is 21.3. The van der Waals surface area contributed by atoms with Gasteiger partial charge in [0.15, 0.2) is 11.8 Å². The van der Waals surface area contributed by atoms with Crippen molar-refractivity contribution in [3.05, 3.63) is 71.2 Å². The standard InChI is InChI=1S/C24H29N7O.HI/c1-4-25-24(28-15-19-12-23(32)29-21-8-6-5-7-20(19)21)27-14-18-9-10-22(26-13-18)31-17(3)11-16(2)30-31;/h5-11,13,19H,4,12,14-15H2,1-3H3,(H,29,32)(H2,25,27,28);1H. The normalized spacial score (nSPS) is 15.3. The van der Waals surface area contributed by atoms with Crippen LogP contribution < -0.4 is 16.0 Å². The number of hydrogen-bond acceptors (Lipinski definition) is 4. The van der Waals surface area contributed by atoms with Gasteiger partial charge >= 0.3 is 0 Å². The van der Waals surface area contributed by atoms with Crippen LogP contribution in [0.5, 0.6) is 0 Å². The van der Waals surface area contributed by atoms with Crippen LogP contribution in [0.1, 0.15) is 41.8 Å². The van der Waals surface area contributed by atoms with Crippen molar-refractivity contribution in [1.29, 1.82) is 0 Å². The van der Waals surface area contributed by atoms with E-state index in [-0.39, 0.29) is 35.8 Å². The van der Waals surface area contributed by atoms with Gasteiger partial charge in [-0.3, -0.25) is 4.79 Å². The molecule has 3 heterocycles. The molecule has 0 radical (unpaired) electrons. The Labute approximate surface area is 211 Å². The maximum atomic E-state index is 12.1. The largest absolute Gasteiger partial charge is 0.357 e. The van der Waals surface area contributed by atoms with E-state index in [9.17, 15) is 4.79 Å². The second-order valence-electron chi connectivity index (χ2n) is 7.98. The lowest BCUT2D eigenvalue weighted by Gasteiger charge is -2.26. The number of nitrogens with one attached hydrogen (secondary N) is 3. The van der Waals surface area contributed by atoms with E-state index in [1.165, 1.54) is 0 Å². The fourth-order valence-corrected chi connectivity index (χ4v) is 3.91. The van der Waals surface area contributed by atoms with Crippen molar-refractivity contribution in [2.24, 2.45) is 4.99 Å². The van der Waals surface area contributed by atoms with Crippen LogP contribution in [-0.4, -0.2) is 39.7 Å². The molecule has 33 heavy (non-hydrogen) atoms. The average Bonchev–Trinajstić information content (AvgIpc) is 3.13. The summed E-state index contributed by atoms with van der Waals surface area (Å²) in [5, 5.41) is 14.1. The molecule has 0 aliphatic carbocycles. The summed E-state index contributed by atoms with van der Waals surface area (Å²) < 4.78 is 1.84. The number of fused-ring (bicyclic) bond motifs is 1. The topological polar surface area (TPSA) is 96.2 Å². The molecule has 1 atom stereocenters. The van der Waals surface area contributed by atoms with E-state index in [1.54, 1.807) is 0 Å². The number of halogens is 1. The lowest BCUT2D eigenvalue weighted by atomic mass is 9.90. The van der Waals surface area contributed by atoms with Gasteiger partial charge in [0, 0.05) is 43.0 Å². The van der Waals surface area contributed by atoms with E-state index in [0.29, 0.717) is 19.5 Å². The molecule has 0 fully saturated rings. The maximum absolute atomic E-state index is 12.1. The zero-order chi connectivity index (χ0) is 22.5. The number of para-hydroxylation sites is 1. The summed E-state index contributed by atoms with van der Waals surface area (Å²) in [6, 6.07) is 14.0. The molecule has 1 aliphatic heterocycles. The van der Waals surface area contributed by atoms with Gasteiger partial charge in [-0.25, -0.2) is 14.7 Å². The number of hydrogen-bond donors (Lipinski definition) is 3. The number of carbonyl (C=O) groups is 1. The highest BCUT2D eigenvalue weighted by molar-refractivity contribution is 14.0. The third kappa shape index (κ3) is 6.10. The predicted octanol–water partition coefficient (Wildman–Crippen LogP) is 3.68. The molecule has 9 heteroatoms. The molecule has 4 rings (SSSR count). The first-order valence-electron chi connectivity index (χ1n) is 10.9. The van der Waals surface area contributed by atoms with Crippen LogP contribution in [0.4, 0.5) is 5.69 Å². The molecular weight excluding hydrogens is 529 g/mol. The molecule has 0 bridgehead atoms. The third-order valence-electron chi connectivity index (χ3n) is 5.42. The molecule has 0 saturated carbocycles. The fraction of sp³-hybridized carbons (Fsp3) is 0.333. The minimum absolute atomic E-state index is 0. The van der Waals surface area contributed by atoms with Gasteiger partial charge in [0.2, 0.25) is 5.91 Å². The number of benzene rings is 1. The number of aliphatic imine (C=N–C) groups is 1. The molecule has 1 amide bonds. The van der Waals surface area contributed by atoms with Gasteiger partial charge in [-0.05, 0) is 50.1 Å². The predicted molar refractivity (Wildman–Crippen MR) is 141 cm³/mol. The molecule has 2 aromatic heterocycles. The number of carbonyl (C=O) groups excluding carboxylic acids is 1. The number of nitrogens with zero attached hydrogens (tertiary/aromatic N) is 4. The smallest absolute Gasteiger partial charge is 0.225 e. The Balaban J connectivity index is 0.00000306. The van der Waals surface area contributed by atoms with Crippen LogP contribution in [0.25, 0.3) is 5.82 Å². The molecule has 3 aromatic rings. The summed E-state index contributed by atoms with van der Waals surface area (Å²) >= 11 is 0. The van der Waals surface area contributed by atoms with E-state index >= 15 is 0 Å². The van der Waals surface area contributed by atoms with Gasteiger partial charge in [-0.2, -0.15) is 5.10 Å². The van der Waals surface area contributed by atoms with Crippen molar-refractivity contribution in [3.8, 4) is 5.82 Å². The zero-order valence-electron chi connectivity index (χ0n) is 19.1. The second-order valence-corrected chi connectivity index (χ2v) is 7.98. The van der Waals surface area contributed by atoms with E-state index < -0.39 is 0 Å². The Kier molecular flexibility index (Phi) is 8.43. The van der Waals surface area contributed by atoms with Crippen molar-refractivity contribution >= 4 is 41.5 Å². The summed E-state index contributed by atoms with van der Waals surface area (Å²) in [5.74, 6) is 1.66. The highest BCUT2D eigenvalue weighted by Crippen LogP contribution is 2.31. The highest BCUT2D eigenvalue weighted by atomic mass is 127. The van der Waals surface area contributed by atoms with E-state index in [4.69, 9.17) is 4.99 Å². The van der Waals surface area contributed by atoms with Gasteiger partial charge in [0.25, 0.3) is 0 Å². The number of guanidine groups is 1. The minimum Gasteiger partial charge on any atom is -0.357 e. The third-order valence-corrected chi connectivity index (χ3v) is 5.42. The van der Waals surface area contributed by atoms with Crippen LogP contribution in [0, 0.1) is 13.8 Å². The molecule has 1 unspecified atom stereocenters. The number of rotatable bonds is 6. The quantitative estimate of drug-likeness (QED) is 0.243. The molecular formula is C24H30IN7O. The molecule has 174 valence electrons. The zero-order valence-corrected chi connectivity index (χ0v) is 21.5. The Hall–Kier alpha value is -2.95. The first-order chi connectivity index (χ1) is 15.5. The number of anilines is 1. The van der Waals surface area contributed by atoms with Gasteiger partial charge in [-0.1, -0.05) is 24.3 Å². The van der Waals surface area contributed by atoms with Gasteiger partial charge < -0.3 is 16.0 Å². The van der Waals surface area contributed by atoms with Gasteiger partial charge in [-0.15, -0.1) is 24.0 Å². The molecule has 0 spiro atoms. The van der Waals surface area contributed by atoms with Crippen molar-refractivity contribution < 1.29 is 4.79 Å². The van der Waals surface area contributed by atoms with Crippen molar-refractivity contribution in [2.45, 2.75) is 39.7 Å². The van der Waals surface area contributed by atoms with Crippen molar-refractivity contribution in [1.82, 2.24) is 25.4 Å². The monoisotopic (exact) mass is 559 g/mol. The summed E-state index contributed by atoms with van der Waals surface area (Å²) in [6.45, 7) is 7.91. The number of aryl methyl sites for hydroxylation is 2. The average molecular weight is 559 g/mol. The van der Waals surface area contributed by atoms with Crippen molar-refractivity contribution in [2.75, 3.05) is 18.4 Å². The van der Waals surface area contributed by atoms with Crippen LogP contribution in [0.3, 0.4) is 0 Å². The number of pyridine rings is 1. The fourth-order valence-electron chi connectivity index (χ4n) is 3.91. The Morgan fingerprint density at radius 2 is 2.03 bits per heavy atom. The maximum Gasteiger partial charge on any atom is 0.225 e. The molecule has 1 aromatic carbocycles. The molecule has 3 N–H and O–H groups in total. The summed E-state index contributed by atoms with van der Waals surface area (Å²) in [5.41, 5.74) is 5.08. The molecule has 0 saturated heterocycles. The minimum atomic E-state index is 0. The van der Waals surface area contributed by atoms with E-state index in [2.05, 4.69) is 32.1 Å². The second kappa shape index (κ2) is 11.3. The Bertz CT molecular complexity index is 1120. The SMILES string of the molecule is CCNC(=NCc1ccc(-n2nc(C)cc2C)nc1)NCC1CC(=O)Nc2ccccc21.I. The van der Waals surface area contributed by atoms with E-state index in [0.717, 1.165) is 46.5 Å².